The Kier molecular flexibility index (Phi) is 3.19. The van der Waals surface area contributed by atoms with Crippen LogP contribution in [-0.4, -0.2) is 31.5 Å². The van der Waals surface area contributed by atoms with Crippen LogP contribution in [0, 0.1) is 0 Å². The van der Waals surface area contributed by atoms with Gasteiger partial charge in [0, 0.05) is 25.6 Å². The summed E-state index contributed by atoms with van der Waals surface area (Å²) in [5, 5.41) is 6.93. The first-order valence-electron chi connectivity index (χ1n) is 5.46. The van der Waals surface area contributed by atoms with Crippen LogP contribution in [0.5, 0.6) is 0 Å². The predicted molar refractivity (Wildman–Crippen MR) is 55.2 cm³/mol. The molecule has 0 aromatic rings. The quantitative estimate of drug-likeness (QED) is 0.664. The summed E-state index contributed by atoms with van der Waals surface area (Å²) in [6.45, 7) is 3.29. The summed E-state index contributed by atoms with van der Waals surface area (Å²) in [5.74, 6) is 1.24. The zero-order chi connectivity index (χ0) is 8.93. The van der Waals surface area contributed by atoms with E-state index < -0.39 is 0 Å². The van der Waals surface area contributed by atoms with Crippen LogP contribution in [-0.2, 0) is 0 Å². The molecule has 1 saturated heterocycles. The number of rotatable bonds is 2. The van der Waals surface area contributed by atoms with E-state index in [9.17, 15) is 0 Å². The first-order valence-corrected chi connectivity index (χ1v) is 5.46. The molecular formula is C10H19N3. The summed E-state index contributed by atoms with van der Waals surface area (Å²) in [6, 6.07) is 0.685. The summed E-state index contributed by atoms with van der Waals surface area (Å²) in [6.07, 6.45) is 6.39. The van der Waals surface area contributed by atoms with Crippen molar-refractivity contribution in [2.24, 2.45) is 4.99 Å². The zero-order valence-corrected chi connectivity index (χ0v) is 8.18. The molecule has 0 aromatic heterocycles. The first kappa shape index (κ1) is 9.00. The maximum Gasteiger partial charge on any atom is 0.0963 e. The van der Waals surface area contributed by atoms with Gasteiger partial charge in [-0.2, -0.15) is 0 Å². The Morgan fingerprint density at radius 1 is 1.38 bits per heavy atom. The molecule has 1 atom stereocenters. The van der Waals surface area contributed by atoms with Crippen LogP contribution < -0.4 is 10.6 Å². The maximum absolute atomic E-state index is 4.47. The van der Waals surface area contributed by atoms with E-state index >= 15 is 0 Å². The molecule has 3 nitrogen and oxygen atoms in total. The van der Waals surface area contributed by atoms with Crippen molar-refractivity contribution >= 4 is 5.84 Å². The van der Waals surface area contributed by atoms with Gasteiger partial charge in [0.15, 0.2) is 0 Å². The van der Waals surface area contributed by atoms with Gasteiger partial charge >= 0.3 is 0 Å². The minimum Gasteiger partial charge on any atom is -0.372 e. The van der Waals surface area contributed by atoms with Crippen molar-refractivity contribution in [1.29, 1.82) is 0 Å². The molecular weight excluding hydrogens is 162 g/mol. The molecule has 2 rings (SSSR count). The lowest BCUT2D eigenvalue weighted by Gasteiger charge is -2.16. The second-order valence-electron chi connectivity index (χ2n) is 3.96. The van der Waals surface area contributed by atoms with Crippen LogP contribution in [0.3, 0.4) is 0 Å². The van der Waals surface area contributed by atoms with Crippen molar-refractivity contribution in [1.82, 2.24) is 10.6 Å². The van der Waals surface area contributed by atoms with Gasteiger partial charge in [-0.15, -0.1) is 0 Å². The molecule has 0 spiro atoms. The van der Waals surface area contributed by atoms with Gasteiger partial charge in [0.1, 0.15) is 0 Å². The van der Waals surface area contributed by atoms with Crippen LogP contribution in [0.2, 0.25) is 0 Å². The highest BCUT2D eigenvalue weighted by atomic mass is 15.0. The number of aliphatic imine (C=N–C) groups is 1. The van der Waals surface area contributed by atoms with Gasteiger partial charge < -0.3 is 10.6 Å². The van der Waals surface area contributed by atoms with Crippen LogP contribution in [0.1, 0.15) is 32.1 Å². The molecule has 13 heavy (non-hydrogen) atoms. The number of amidine groups is 1. The van der Waals surface area contributed by atoms with Gasteiger partial charge in [-0.1, -0.05) is 0 Å². The fourth-order valence-corrected chi connectivity index (χ4v) is 2.01. The van der Waals surface area contributed by atoms with Crippen molar-refractivity contribution in [3.63, 3.8) is 0 Å². The Morgan fingerprint density at radius 2 is 2.38 bits per heavy atom. The largest absolute Gasteiger partial charge is 0.372 e. The second kappa shape index (κ2) is 4.61. The molecule has 0 aromatic carbocycles. The van der Waals surface area contributed by atoms with Gasteiger partial charge in [0.05, 0.1) is 5.84 Å². The fraction of sp³-hybridized carbons (Fsp3) is 0.900. The molecule has 1 fully saturated rings. The topological polar surface area (TPSA) is 36.4 Å². The number of nitrogens with one attached hydrogen (secondary N) is 2. The molecule has 0 radical (unpaired) electrons. The Labute approximate surface area is 80.0 Å². The van der Waals surface area contributed by atoms with Gasteiger partial charge in [0.25, 0.3) is 0 Å². The summed E-state index contributed by atoms with van der Waals surface area (Å²) < 4.78 is 0. The average molecular weight is 181 g/mol. The van der Waals surface area contributed by atoms with Crippen LogP contribution in [0.15, 0.2) is 4.99 Å². The fourth-order valence-electron chi connectivity index (χ4n) is 2.01. The minimum atomic E-state index is 0.685. The Hall–Kier alpha value is -0.570. The molecule has 74 valence electrons. The summed E-state index contributed by atoms with van der Waals surface area (Å²) in [7, 11) is 0. The van der Waals surface area contributed by atoms with Gasteiger partial charge in [0.2, 0.25) is 0 Å². The van der Waals surface area contributed by atoms with E-state index in [4.69, 9.17) is 0 Å². The van der Waals surface area contributed by atoms with Crippen molar-refractivity contribution in [2.45, 2.75) is 38.1 Å². The summed E-state index contributed by atoms with van der Waals surface area (Å²) in [5.41, 5.74) is 0. The number of hydrogen-bond acceptors (Lipinski definition) is 3. The van der Waals surface area contributed by atoms with Crippen molar-refractivity contribution in [3.8, 4) is 0 Å². The molecule has 0 saturated carbocycles. The smallest absolute Gasteiger partial charge is 0.0963 e. The van der Waals surface area contributed by atoms with Crippen LogP contribution >= 0.6 is 0 Å². The Balaban J connectivity index is 1.68. The third kappa shape index (κ3) is 2.69. The Morgan fingerprint density at radius 3 is 3.08 bits per heavy atom. The predicted octanol–water partition coefficient (Wildman–Crippen LogP) is 0.910. The lowest BCUT2D eigenvalue weighted by atomic mass is 10.1. The molecule has 0 amide bonds. The van der Waals surface area contributed by atoms with E-state index in [2.05, 4.69) is 15.6 Å². The van der Waals surface area contributed by atoms with E-state index in [1.54, 1.807) is 0 Å². The monoisotopic (exact) mass is 181 g/mol. The SMILES string of the molecule is C1CCC(NCC2CCCN2)=NC1. The third-order valence-electron chi connectivity index (χ3n) is 2.84. The van der Waals surface area contributed by atoms with Crippen molar-refractivity contribution < 1.29 is 0 Å². The lowest BCUT2D eigenvalue weighted by molar-refractivity contribution is 0.580. The molecule has 1 unspecified atom stereocenters. The molecule has 0 bridgehead atoms. The van der Waals surface area contributed by atoms with E-state index in [-0.39, 0.29) is 0 Å². The molecule has 0 aliphatic carbocycles. The normalized spacial score (nSPS) is 28.6. The highest BCUT2D eigenvalue weighted by Crippen LogP contribution is 2.06. The third-order valence-corrected chi connectivity index (χ3v) is 2.84. The minimum absolute atomic E-state index is 0.685. The summed E-state index contributed by atoms with van der Waals surface area (Å²) in [4.78, 5) is 4.47. The maximum atomic E-state index is 4.47. The number of nitrogens with zero attached hydrogens (tertiary/aromatic N) is 1. The first-order chi connectivity index (χ1) is 6.45. The van der Waals surface area contributed by atoms with Crippen molar-refractivity contribution in [2.75, 3.05) is 19.6 Å². The molecule has 2 N–H and O–H groups in total. The van der Waals surface area contributed by atoms with E-state index in [1.165, 1.54) is 38.1 Å². The van der Waals surface area contributed by atoms with Gasteiger partial charge in [-0.05, 0) is 32.2 Å². The number of hydrogen-bond donors (Lipinski definition) is 2. The van der Waals surface area contributed by atoms with E-state index in [0.717, 1.165) is 19.5 Å². The zero-order valence-electron chi connectivity index (χ0n) is 8.18. The standard InChI is InChI=1S/C10H19N3/c1-2-6-12-10(5-1)13-8-9-4-3-7-11-9/h9,11H,1-8H2,(H,12,13). The lowest BCUT2D eigenvalue weighted by Crippen LogP contribution is -2.37. The molecule has 2 aliphatic heterocycles. The average Bonchev–Trinajstić information content (AvgIpc) is 2.69. The van der Waals surface area contributed by atoms with Crippen LogP contribution in [0.4, 0.5) is 0 Å². The van der Waals surface area contributed by atoms with E-state index in [1.807, 2.05) is 0 Å². The van der Waals surface area contributed by atoms with E-state index in [0.29, 0.717) is 6.04 Å². The molecule has 2 aliphatic rings. The Bertz CT molecular complexity index is 183. The van der Waals surface area contributed by atoms with Crippen LogP contribution in [0.25, 0.3) is 0 Å². The second-order valence-corrected chi connectivity index (χ2v) is 3.96. The van der Waals surface area contributed by atoms with Crippen molar-refractivity contribution in [3.05, 3.63) is 0 Å². The van der Waals surface area contributed by atoms with Gasteiger partial charge in [-0.25, -0.2) is 0 Å². The van der Waals surface area contributed by atoms with Gasteiger partial charge in [-0.3, -0.25) is 4.99 Å². The molecule has 2 heterocycles. The summed E-state index contributed by atoms with van der Waals surface area (Å²) >= 11 is 0. The molecule has 3 heteroatoms. The highest BCUT2D eigenvalue weighted by Gasteiger charge is 2.14. The highest BCUT2D eigenvalue weighted by molar-refractivity contribution is 5.82.